The zero-order valence-electron chi connectivity index (χ0n) is 11.0. The van der Waals surface area contributed by atoms with Crippen LogP contribution in [0.1, 0.15) is 39.0 Å². The molecule has 1 saturated heterocycles. The van der Waals surface area contributed by atoms with Crippen molar-refractivity contribution >= 4 is 11.9 Å². The van der Waals surface area contributed by atoms with Crippen molar-refractivity contribution in [2.75, 3.05) is 19.8 Å². The van der Waals surface area contributed by atoms with Gasteiger partial charge in [-0.25, -0.2) is 0 Å². The molecular formula is C13H23NO4. The normalized spacial score (nSPS) is 20.6. The van der Waals surface area contributed by atoms with Crippen LogP contribution < -0.4 is 5.32 Å². The van der Waals surface area contributed by atoms with Crippen LogP contribution in [0.25, 0.3) is 0 Å². The highest BCUT2D eigenvalue weighted by Gasteiger charge is 2.23. The minimum Gasteiger partial charge on any atom is -0.481 e. The highest BCUT2D eigenvalue weighted by Crippen LogP contribution is 2.15. The number of nitrogens with one attached hydrogen (secondary N) is 1. The molecule has 2 atom stereocenters. The number of rotatable bonds is 8. The van der Waals surface area contributed by atoms with E-state index in [4.69, 9.17) is 9.84 Å². The Morgan fingerprint density at radius 2 is 2.22 bits per heavy atom. The Labute approximate surface area is 108 Å². The molecule has 2 N–H and O–H groups in total. The van der Waals surface area contributed by atoms with E-state index in [2.05, 4.69) is 12.2 Å². The lowest BCUT2D eigenvalue weighted by Crippen LogP contribution is -2.32. The molecule has 0 saturated carbocycles. The molecule has 0 aromatic rings. The third-order valence-corrected chi connectivity index (χ3v) is 3.50. The molecule has 104 valence electrons. The molecule has 0 spiro atoms. The van der Waals surface area contributed by atoms with Gasteiger partial charge < -0.3 is 15.2 Å². The van der Waals surface area contributed by atoms with Gasteiger partial charge in [-0.15, -0.1) is 0 Å². The third kappa shape index (κ3) is 5.49. The van der Waals surface area contributed by atoms with Gasteiger partial charge in [0, 0.05) is 19.6 Å². The molecule has 0 aromatic heterocycles. The maximum atomic E-state index is 11.7. The number of carboxylic acids is 1. The summed E-state index contributed by atoms with van der Waals surface area (Å²) in [7, 11) is 0. The average Bonchev–Trinajstić information content (AvgIpc) is 2.86. The molecule has 0 radical (unpaired) electrons. The van der Waals surface area contributed by atoms with E-state index in [0.29, 0.717) is 32.1 Å². The van der Waals surface area contributed by atoms with Gasteiger partial charge in [-0.1, -0.05) is 13.3 Å². The van der Waals surface area contributed by atoms with Crippen LogP contribution in [0.4, 0.5) is 0 Å². The van der Waals surface area contributed by atoms with Gasteiger partial charge in [-0.2, -0.15) is 0 Å². The Balaban J connectivity index is 2.14. The topological polar surface area (TPSA) is 75.6 Å². The first-order valence-corrected chi connectivity index (χ1v) is 6.70. The fraction of sp³-hybridized carbons (Fsp3) is 0.846. The molecule has 18 heavy (non-hydrogen) atoms. The molecule has 0 aromatic carbocycles. The van der Waals surface area contributed by atoms with Crippen molar-refractivity contribution < 1.29 is 19.4 Å². The number of ether oxygens (including phenoxy) is 1. The van der Waals surface area contributed by atoms with E-state index < -0.39 is 5.97 Å². The van der Waals surface area contributed by atoms with Crippen LogP contribution in [-0.4, -0.2) is 36.7 Å². The molecule has 1 aliphatic heterocycles. The van der Waals surface area contributed by atoms with Crippen molar-refractivity contribution in [3.63, 3.8) is 0 Å². The highest BCUT2D eigenvalue weighted by atomic mass is 16.5. The van der Waals surface area contributed by atoms with Gasteiger partial charge in [0.05, 0.1) is 12.5 Å². The summed E-state index contributed by atoms with van der Waals surface area (Å²) in [5, 5.41) is 11.5. The fourth-order valence-electron chi connectivity index (χ4n) is 2.17. The molecule has 1 aliphatic rings. The second kappa shape index (κ2) is 8.08. The summed E-state index contributed by atoms with van der Waals surface area (Å²) < 4.78 is 5.17. The van der Waals surface area contributed by atoms with Crippen LogP contribution in [-0.2, 0) is 14.3 Å². The molecule has 1 fully saturated rings. The maximum absolute atomic E-state index is 11.7. The fourth-order valence-corrected chi connectivity index (χ4v) is 2.17. The number of carboxylic acid groups (broad SMARTS) is 1. The third-order valence-electron chi connectivity index (χ3n) is 3.50. The Kier molecular flexibility index (Phi) is 6.72. The van der Waals surface area contributed by atoms with Gasteiger partial charge in [-0.3, -0.25) is 9.59 Å². The molecule has 0 bridgehead atoms. The van der Waals surface area contributed by atoms with E-state index >= 15 is 0 Å². The Hall–Kier alpha value is -1.10. The molecule has 5 heteroatoms. The first-order chi connectivity index (χ1) is 8.63. The maximum Gasteiger partial charge on any atom is 0.303 e. The molecule has 1 rings (SSSR count). The highest BCUT2D eigenvalue weighted by molar-refractivity contribution is 5.78. The van der Waals surface area contributed by atoms with E-state index in [1.807, 2.05) is 0 Å². The van der Waals surface area contributed by atoms with Crippen molar-refractivity contribution in [3.05, 3.63) is 0 Å². The molecule has 5 nitrogen and oxygen atoms in total. The smallest absolute Gasteiger partial charge is 0.303 e. The second-order valence-corrected chi connectivity index (χ2v) is 4.85. The zero-order valence-corrected chi connectivity index (χ0v) is 11.0. The number of hydrogen-bond acceptors (Lipinski definition) is 3. The summed E-state index contributed by atoms with van der Waals surface area (Å²) in [6, 6.07) is 0. The number of aliphatic carboxylic acids is 1. The lowest BCUT2D eigenvalue weighted by atomic mass is 9.96. The first kappa shape index (κ1) is 15.0. The SMILES string of the molecule is CCC(CCNC(=O)C1CCOC1)CCC(=O)O. The lowest BCUT2D eigenvalue weighted by Gasteiger charge is -2.15. The molecule has 0 aliphatic carbocycles. The Bertz CT molecular complexity index is 274. The van der Waals surface area contributed by atoms with E-state index in [0.717, 1.165) is 19.3 Å². The molecule has 2 unspecified atom stereocenters. The van der Waals surface area contributed by atoms with Gasteiger partial charge in [-0.05, 0) is 25.2 Å². The molecular weight excluding hydrogens is 234 g/mol. The summed E-state index contributed by atoms with van der Waals surface area (Å²) >= 11 is 0. The van der Waals surface area contributed by atoms with Crippen LogP contribution in [0, 0.1) is 11.8 Å². The van der Waals surface area contributed by atoms with Crippen molar-refractivity contribution in [2.45, 2.75) is 39.0 Å². The second-order valence-electron chi connectivity index (χ2n) is 4.85. The number of carbonyl (C=O) groups is 2. The van der Waals surface area contributed by atoms with E-state index in [-0.39, 0.29) is 18.2 Å². The summed E-state index contributed by atoms with van der Waals surface area (Å²) in [5.74, 6) is -0.300. The van der Waals surface area contributed by atoms with Crippen molar-refractivity contribution in [2.24, 2.45) is 11.8 Å². The van der Waals surface area contributed by atoms with E-state index in [1.54, 1.807) is 0 Å². The summed E-state index contributed by atoms with van der Waals surface area (Å²) in [6.07, 6.45) is 3.51. The van der Waals surface area contributed by atoms with Gasteiger partial charge in [0.2, 0.25) is 5.91 Å². The number of carbonyl (C=O) groups excluding carboxylic acids is 1. The van der Waals surface area contributed by atoms with Crippen LogP contribution in [0.15, 0.2) is 0 Å². The minimum atomic E-state index is -0.749. The van der Waals surface area contributed by atoms with Crippen molar-refractivity contribution in [1.82, 2.24) is 5.32 Å². The lowest BCUT2D eigenvalue weighted by molar-refractivity contribution is -0.137. The Morgan fingerprint density at radius 1 is 1.44 bits per heavy atom. The summed E-state index contributed by atoms with van der Waals surface area (Å²) in [5.41, 5.74) is 0. The molecule has 1 heterocycles. The average molecular weight is 257 g/mol. The summed E-state index contributed by atoms with van der Waals surface area (Å²) in [4.78, 5) is 22.2. The van der Waals surface area contributed by atoms with Gasteiger partial charge >= 0.3 is 5.97 Å². The zero-order chi connectivity index (χ0) is 13.4. The van der Waals surface area contributed by atoms with Gasteiger partial charge in [0.1, 0.15) is 0 Å². The van der Waals surface area contributed by atoms with Crippen molar-refractivity contribution in [1.29, 1.82) is 0 Å². The first-order valence-electron chi connectivity index (χ1n) is 6.70. The predicted octanol–water partition coefficient (Wildman–Crippen LogP) is 1.42. The number of hydrogen-bond donors (Lipinski definition) is 2. The van der Waals surface area contributed by atoms with Gasteiger partial charge in [0.25, 0.3) is 0 Å². The largest absolute Gasteiger partial charge is 0.481 e. The monoisotopic (exact) mass is 257 g/mol. The summed E-state index contributed by atoms with van der Waals surface area (Å²) in [6.45, 7) is 3.89. The van der Waals surface area contributed by atoms with Gasteiger partial charge in [0.15, 0.2) is 0 Å². The quantitative estimate of drug-likeness (QED) is 0.689. The number of amides is 1. The predicted molar refractivity (Wildman–Crippen MR) is 67.2 cm³/mol. The standard InChI is InChI=1S/C13H23NO4/c1-2-10(3-4-12(15)16)5-7-14-13(17)11-6-8-18-9-11/h10-11H,2-9H2,1H3,(H,14,17)(H,15,16). The van der Waals surface area contributed by atoms with E-state index in [9.17, 15) is 9.59 Å². The van der Waals surface area contributed by atoms with Crippen molar-refractivity contribution in [3.8, 4) is 0 Å². The van der Waals surface area contributed by atoms with Crippen LogP contribution in [0.2, 0.25) is 0 Å². The van der Waals surface area contributed by atoms with Crippen LogP contribution in [0.5, 0.6) is 0 Å². The van der Waals surface area contributed by atoms with Crippen LogP contribution >= 0.6 is 0 Å². The van der Waals surface area contributed by atoms with E-state index in [1.165, 1.54) is 0 Å². The Morgan fingerprint density at radius 3 is 2.78 bits per heavy atom. The van der Waals surface area contributed by atoms with Crippen LogP contribution in [0.3, 0.4) is 0 Å². The molecule has 1 amide bonds. The minimum absolute atomic E-state index is 0.00379.